The summed E-state index contributed by atoms with van der Waals surface area (Å²) in [5.41, 5.74) is 0.978. The molecule has 5 nitrogen and oxygen atoms in total. The lowest BCUT2D eigenvalue weighted by atomic mass is 9.73. The van der Waals surface area contributed by atoms with Gasteiger partial charge in [0.05, 0.1) is 38.2 Å². The Hall–Kier alpha value is -1.88. The third-order valence-electron chi connectivity index (χ3n) is 5.64. The topological polar surface area (TPSA) is 53.4 Å². The van der Waals surface area contributed by atoms with E-state index in [1.54, 1.807) is 24.1 Å². The standard InChI is InChI=1S/C19H24N2O3/c1-23-16-7-5-6-15-17(16)18(22)21(13-20-15)11-14-10-19(12-24-14)8-3-2-4-9-19/h5-7,13-14H,2-4,8-12H2,1H3. The molecule has 1 aliphatic carbocycles. The normalized spacial score (nSPS) is 23.0. The summed E-state index contributed by atoms with van der Waals surface area (Å²) in [5.74, 6) is 0.579. The summed E-state index contributed by atoms with van der Waals surface area (Å²) in [5, 5.41) is 0.549. The van der Waals surface area contributed by atoms with Gasteiger partial charge in [0.25, 0.3) is 5.56 Å². The van der Waals surface area contributed by atoms with E-state index in [4.69, 9.17) is 9.47 Å². The number of ether oxygens (including phenoxy) is 2. The Morgan fingerprint density at radius 2 is 2.17 bits per heavy atom. The molecule has 1 unspecified atom stereocenters. The van der Waals surface area contributed by atoms with Crippen LogP contribution in [0.15, 0.2) is 29.3 Å². The summed E-state index contributed by atoms with van der Waals surface area (Å²) in [6.07, 6.45) is 9.30. The van der Waals surface area contributed by atoms with Crippen LogP contribution >= 0.6 is 0 Å². The maximum absolute atomic E-state index is 12.9. The number of hydrogen-bond acceptors (Lipinski definition) is 4. The molecule has 0 N–H and O–H groups in total. The van der Waals surface area contributed by atoms with Crippen LogP contribution in [0.4, 0.5) is 0 Å². The second-order valence-corrected chi connectivity index (χ2v) is 7.25. The lowest BCUT2D eigenvalue weighted by Crippen LogP contribution is -2.28. The molecule has 1 atom stereocenters. The van der Waals surface area contributed by atoms with Crippen molar-refractivity contribution in [2.24, 2.45) is 5.41 Å². The first-order valence-corrected chi connectivity index (χ1v) is 8.85. The van der Waals surface area contributed by atoms with E-state index in [-0.39, 0.29) is 11.7 Å². The highest BCUT2D eigenvalue weighted by Crippen LogP contribution is 2.45. The van der Waals surface area contributed by atoms with Gasteiger partial charge in [-0.1, -0.05) is 25.3 Å². The monoisotopic (exact) mass is 328 g/mol. The Bertz CT molecular complexity index is 793. The van der Waals surface area contributed by atoms with Crippen LogP contribution in [0.2, 0.25) is 0 Å². The van der Waals surface area contributed by atoms with Crippen LogP contribution in [-0.4, -0.2) is 29.4 Å². The average Bonchev–Trinajstić information content (AvgIpc) is 2.99. The maximum atomic E-state index is 12.9. The van der Waals surface area contributed by atoms with Crippen molar-refractivity contribution in [3.05, 3.63) is 34.9 Å². The average molecular weight is 328 g/mol. The second-order valence-electron chi connectivity index (χ2n) is 7.25. The van der Waals surface area contributed by atoms with Gasteiger partial charge in [0.15, 0.2) is 0 Å². The SMILES string of the molecule is COc1cccc2ncn(CC3CC4(CCCCC4)CO3)c(=O)c12. The van der Waals surface area contributed by atoms with E-state index >= 15 is 0 Å². The largest absolute Gasteiger partial charge is 0.496 e. The van der Waals surface area contributed by atoms with Crippen molar-refractivity contribution in [2.45, 2.75) is 51.2 Å². The summed E-state index contributed by atoms with van der Waals surface area (Å²) in [6.45, 7) is 1.42. The first kappa shape index (κ1) is 15.6. The molecule has 1 saturated heterocycles. The highest BCUT2D eigenvalue weighted by molar-refractivity contribution is 5.83. The Morgan fingerprint density at radius 1 is 1.33 bits per heavy atom. The summed E-state index contributed by atoms with van der Waals surface area (Å²) in [4.78, 5) is 17.3. The maximum Gasteiger partial charge on any atom is 0.265 e. The van der Waals surface area contributed by atoms with Gasteiger partial charge in [0.2, 0.25) is 0 Å². The third kappa shape index (κ3) is 2.71. The highest BCUT2D eigenvalue weighted by atomic mass is 16.5. The van der Waals surface area contributed by atoms with Gasteiger partial charge in [-0.25, -0.2) is 4.98 Å². The number of methoxy groups -OCH3 is 1. The molecule has 5 heteroatoms. The van der Waals surface area contributed by atoms with Crippen molar-refractivity contribution in [1.29, 1.82) is 0 Å². The molecule has 1 spiro atoms. The molecule has 2 heterocycles. The molecule has 24 heavy (non-hydrogen) atoms. The Kier molecular flexibility index (Phi) is 4.04. The second kappa shape index (κ2) is 6.20. The number of aromatic nitrogens is 2. The first-order chi connectivity index (χ1) is 11.7. The van der Waals surface area contributed by atoms with E-state index in [9.17, 15) is 4.79 Å². The smallest absolute Gasteiger partial charge is 0.265 e. The van der Waals surface area contributed by atoms with Crippen LogP contribution in [-0.2, 0) is 11.3 Å². The van der Waals surface area contributed by atoms with Crippen molar-refractivity contribution in [3.63, 3.8) is 0 Å². The summed E-state index contributed by atoms with van der Waals surface area (Å²) in [6, 6.07) is 5.50. The van der Waals surface area contributed by atoms with Gasteiger partial charge in [-0.15, -0.1) is 0 Å². The lowest BCUT2D eigenvalue weighted by Gasteiger charge is -2.31. The van der Waals surface area contributed by atoms with Crippen molar-refractivity contribution < 1.29 is 9.47 Å². The van der Waals surface area contributed by atoms with Crippen LogP contribution in [0.3, 0.4) is 0 Å². The Labute approximate surface area is 141 Å². The van der Waals surface area contributed by atoms with Crippen LogP contribution < -0.4 is 10.3 Å². The zero-order valence-corrected chi connectivity index (χ0v) is 14.2. The van der Waals surface area contributed by atoms with Crippen LogP contribution in [0, 0.1) is 5.41 Å². The number of nitrogens with zero attached hydrogens (tertiary/aromatic N) is 2. The molecule has 4 rings (SSSR count). The van der Waals surface area contributed by atoms with Gasteiger partial charge < -0.3 is 9.47 Å². The van der Waals surface area contributed by atoms with Gasteiger partial charge in [0.1, 0.15) is 11.1 Å². The Balaban J connectivity index is 1.59. The van der Waals surface area contributed by atoms with Gasteiger partial charge in [0, 0.05) is 0 Å². The van der Waals surface area contributed by atoms with E-state index in [1.807, 2.05) is 12.1 Å². The number of rotatable bonds is 3. The predicted molar refractivity (Wildman–Crippen MR) is 92.4 cm³/mol. The van der Waals surface area contributed by atoms with Crippen molar-refractivity contribution >= 4 is 10.9 Å². The number of fused-ring (bicyclic) bond motifs is 1. The molecule has 2 fully saturated rings. The summed E-state index contributed by atoms with van der Waals surface area (Å²) in [7, 11) is 1.58. The van der Waals surface area contributed by atoms with E-state index in [0.717, 1.165) is 13.0 Å². The number of benzene rings is 1. The van der Waals surface area contributed by atoms with E-state index in [0.29, 0.717) is 28.6 Å². The molecular weight excluding hydrogens is 304 g/mol. The molecular formula is C19H24N2O3. The molecule has 1 aromatic heterocycles. The van der Waals surface area contributed by atoms with Crippen LogP contribution in [0.1, 0.15) is 38.5 Å². The fraction of sp³-hybridized carbons (Fsp3) is 0.579. The molecule has 1 aliphatic heterocycles. The van der Waals surface area contributed by atoms with Gasteiger partial charge in [-0.3, -0.25) is 9.36 Å². The highest BCUT2D eigenvalue weighted by Gasteiger charge is 2.40. The zero-order valence-electron chi connectivity index (χ0n) is 14.2. The fourth-order valence-electron chi connectivity index (χ4n) is 4.35. The summed E-state index contributed by atoms with van der Waals surface area (Å²) < 4.78 is 13.1. The molecule has 1 saturated carbocycles. The third-order valence-corrected chi connectivity index (χ3v) is 5.64. The minimum atomic E-state index is -0.0503. The minimum absolute atomic E-state index is 0.0503. The molecule has 2 aliphatic rings. The molecule has 1 aromatic carbocycles. The molecule has 2 aromatic rings. The zero-order chi connectivity index (χ0) is 16.6. The van der Waals surface area contributed by atoms with Gasteiger partial charge in [-0.2, -0.15) is 0 Å². The van der Waals surface area contributed by atoms with E-state index in [1.165, 1.54) is 32.1 Å². The number of hydrogen-bond donors (Lipinski definition) is 0. The fourth-order valence-corrected chi connectivity index (χ4v) is 4.35. The first-order valence-electron chi connectivity index (χ1n) is 8.85. The van der Waals surface area contributed by atoms with Gasteiger partial charge in [-0.05, 0) is 36.8 Å². The van der Waals surface area contributed by atoms with Crippen molar-refractivity contribution in [2.75, 3.05) is 13.7 Å². The molecule has 0 amide bonds. The van der Waals surface area contributed by atoms with Gasteiger partial charge >= 0.3 is 0 Å². The van der Waals surface area contributed by atoms with E-state index < -0.39 is 0 Å². The molecule has 0 radical (unpaired) electrons. The minimum Gasteiger partial charge on any atom is -0.496 e. The van der Waals surface area contributed by atoms with Crippen LogP contribution in [0.5, 0.6) is 5.75 Å². The summed E-state index contributed by atoms with van der Waals surface area (Å²) >= 11 is 0. The molecule has 0 bridgehead atoms. The van der Waals surface area contributed by atoms with Crippen molar-refractivity contribution in [1.82, 2.24) is 9.55 Å². The quantitative estimate of drug-likeness (QED) is 0.868. The van der Waals surface area contributed by atoms with E-state index in [2.05, 4.69) is 4.98 Å². The molecule has 128 valence electrons. The predicted octanol–water partition coefficient (Wildman–Crippen LogP) is 3.14. The lowest BCUT2D eigenvalue weighted by molar-refractivity contribution is 0.0752. The van der Waals surface area contributed by atoms with Crippen molar-refractivity contribution in [3.8, 4) is 5.75 Å². The Morgan fingerprint density at radius 3 is 2.96 bits per heavy atom. The van der Waals surface area contributed by atoms with Crippen LogP contribution in [0.25, 0.3) is 10.9 Å².